The highest BCUT2D eigenvalue weighted by Crippen LogP contribution is 2.47. The molecule has 0 fully saturated rings. The summed E-state index contributed by atoms with van der Waals surface area (Å²) in [5, 5.41) is 8.34. The fourth-order valence-electron chi connectivity index (χ4n) is 3.32. The Morgan fingerprint density at radius 1 is 1.41 bits per heavy atom. The summed E-state index contributed by atoms with van der Waals surface area (Å²) < 4.78 is 6.80. The predicted octanol–water partition coefficient (Wildman–Crippen LogP) is 3.89. The van der Waals surface area contributed by atoms with Crippen LogP contribution in [0, 0.1) is 6.92 Å². The van der Waals surface area contributed by atoms with Gasteiger partial charge in [0.25, 0.3) is 0 Å². The molecule has 1 atom stereocenters. The van der Waals surface area contributed by atoms with Crippen molar-refractivity contribution < 1.29 is 9.53 Å². The van der Waals surface area contributed by atoms with Crippen molar-refractivity contribution in [2.75, 3.05) is 24.7 Å². The van der Waals surface area contributed by atoms with E-state index in [1.807, 2.05) is 47.8 Å². The maximum atomic E-state index is 12.0. The van der Waals surface area contributed by atoms with Crippen molar-refractivity contribution >= 4 is 34.9 Å². The maximum absolute atomic E-state index is 12.0. The van der Waals surface area contributed by atoms with Crippen LogP contribution in [0.25, 0.3) is 11.4 Å². The minimum absolute atomic E-state index is 0.0790. The summed E-state index contributed by atoms with van der Waals surface area (Å²) in [7, 11) is 3.37. The van der Waals surface area contributed by atoms with Gasteiger partial charge in [-0.25, -0.2) is 4.79 Å². The lowest BCUT2D eigenvalue weighted by Gasteiger charge is -2.16. The van der Waals surface area contributed by atoms with E-state index in [0.717, 1.165) is 45.5 Å². The predicted molar refractivity (Wildman–Crippen MR) is 110 cm³/mol. The Bertz CT molecular complexity index is 981. The van der Waals surface area contributed by atoms with Gasteiger partial charge < -0.3 is 10.1 Å². The number of fused-ring (bicyclic) bond motifs is 1. The number of hydrogen-bond acceptors (Lipinski definition) is 7. The number of methoxy groups -OCH3 is 1. The van der Waals surface area contributed by atoms with Crippen LogP contribution < -0.4 is 5.32 Å². The van der Waals surface area contributed by atoms with E-state index in [4.69, 9.17) is 9.84 Å². The van der Waals surface area contributed by atoms with Gasteiger partial charge in [0.05, 0.1) is 18.1 Å². The highest BCUT2D eigenvalue weighted by molar-refractivity contribution is 7.99. The minimum atomic E-state index is -0.289. The van der Waals surface area contributed by atoms with Crippen molar-refractivity contribution in [2.45, 2.75) is 12.2 Å². The molecule has 1 aliphatic heterocycles. The summed E-state index contributed by atoms with van der Waals surface area (Å²) in [6.45, 7) is 2.92. The van der Waals surface area contributed by atoms with Crippen LogP contribution in [0.5, 0.6) is 0 Å². The summed E-state index contributed by atoms with van der Waals surface area (Å²) in [5.74, 6) is 1.68. The van der Waals surface area contributed by atoms with E-state index in [0.29, 0.717) is 4.88 Å². The van der Waals surface area contributed by atoms with Gasteiger partial charge in [0, 0.05) is 36.0 Å². The Morgan fingerprint density at radius 2 is 2.26 bits per heavy atom. The Balaban J connectivity index is 1.88. The monoisotopic (exact) mass is 400 g/mol. The van der Waals surface area contributed by atoms with Gasteiger partial charge in [-0.3, -0.25) is 9.67 Å². The quantitative estimate of drug-likeness (QED) is 0.673. The molecule has 3 aromatic rings. The summed E-state index contributed by atoms with van der Waals surface area (Å²) in [5.41, 5.74) is 3.99. The Morgan fingerprint density at radius 3 is 3.00 bits per heavy atom. The molecule has 0 amide bonds. The molecule has 0 spiro atoms. The standard InChI is InChI=1S/C19H20N4O2S2/c1-11-12(10-14(27-11)19(24)25-3)17-15-16(13-6-4-5-7-20-13)22-23(2)18(15)21-8-9-26-17/h4-7,10,17,21H,8-9H2,1-3H3. The molecule has 4 rings (SSSR count). The summed E-state index contributed by atoms with van der Waals surface area (Å²) in [6, 6.07) is 7.82. The smallest absolute Gasteiger partial charge is 0.348 e. The van der Waals surface area contributed by atoms with E-state index >= 15 is 0 Å². The fourth-order valence-corrected chi connectivity index (χ4v) is 5.64. The van der Waals surface area contributed by atoms with Crippen molar-refractivity contribution in [3.05, 3.63) is 51.3 Å². The molecule has 0 aliphatic carbocycles. The first kappa shape index (κ1) is 18.1. The third-order valence-corrected chi connectivity index (χ3v) is 6.87. The fraction of sp³-hybridized carbons (Fsp3) is 0.316. The second-order valence-corrected chi connectivity index (χ2v) is 8.71. The molecular weight excluding hydrogens is 380 g/mol. The van der Waals surface area contributed by atoms with Gasteiger partial charge in [-0.15, -0.1) is 23.1 Å². The number of hydrogen-bond donors (Lipinski definition) is 1. The second kappa shape index (κ2) is 7.36. The molecule has 1 aliphatic rings. The molecule has 8 heteroatoms. The normalized spacial score (nSPS) is 16.3. The lowest BCUT2D eigenvalue weighted by molar-refractivity contribution is 0.0606. The third kappa shape index (κ3) is 3.23. The van der Waals surface area contributed by atoms with Crippen LogP contribution in [0.15, 0.2) is 30.5 Å². The van der Waals surface area contributed by atoms with Crippen LogP contribution in [0.1, 0.15) is 30.9 Å². The van der Waals surface area contributed by atoms with E-state index in [1.165, 1.54) is 18.4 Å². The van der Waals surface area contributed by atoms with Gasteiger partial charge in [0.15, 0.2) is 0 Å². The van der Waals surface area contributed by atoms with Gasteiger partial charge in [0.2, 0.25) is 0 Å². The van der Waals surface area contributed by atoms with Crippen LogP contribution in [-0.4, -0.2) is 40.1 Å². The van der Waals surface area contributed by atoms with Gasteiger partial charge in [-0.2, -0.15) is 5.10 Å². The number of nitrogens with zero attached hydrogens (tertiary/aromatic N) is 3. The molecule has 27 heavy (non-hydrogen) atoms. The topological polar surface area (TPSA) is 69.0 Å². The summed E-state index contributed by atoms with van der Waals surface area (Å²) in [6.07, 6.45) is 1.79. The molecule has 1 unspecified atom stereocenters. The van der Waals surface area contributed by atoms with Gasteiger partial charge >= 0.3 is 5.97 Å². The van der Waals surface area contributed by atoms with Crippen LogP contribution in [0.2, 0.25) is 0 Å². The zero-order valence-electron chi connectivity index (χ0n) is 15.4. The highest BCUT2D eigenvalue weighted by atomic mass is 32.2. The molecule has 140 valence electrons. The number of aromatic nitrogens is 3. The summed E-state index contributed by atoms with van der Waals surface area (Å²) in [4.78, 5) is 18.3. The Hall–Kier alpha value is -2.32. The number of aryl methyl sites for hydroxylation is 2. The van der Waals surface area contributed by atoms with Crippen LogP contribution in [0.3, 0.4) is 0 Å². The number of thioether (sulfide) groups is 1. The molecule has 0 bridgehead atoms. The Kier molecular flexibility index (Phi) is 4.92. The number of ether oxygens (including phenoxy) is 1. The number of pyridine rings is 1. The number of carbonyl (C=O) groups is 1. The van der Waals surface area contributed by atoms with Gasteiger partial charge in [0.1, 0.15) is 16.4 Å². The highest BCUT2D eigenvalue weighted by Gasteiger charge is 2.31. The number of anilines is 1. The summed E-state index contributed by atoms with van der Waals surface area (Å²) >= 11 is 3.34. The van der Waals surface area contributed by atoms with Crippen molar-refractivity contribution in [1.82, 2.24) is 14.8 Å². The van der Waals surface area contributed by atoms with E-state index in [1.54, 1.807) is 6.20 Å². The molecule has 0 saturated carbocycles. The first-order valence-electron chi connectivity index (χ1n) is 8.62. The lowest BCUT2D eigenvalue weighted by Crippen LogP contribution is -2.06. The first-order valence-corrected chi connectivity index (χ1v) is 10.5. The number of esters is 1. The van der Waals surface area contributed by atoms with Gasteiger partial charge in [-0.05, 0) is 30.7 Å². The van der Waals surface area contributed by atoms with Crippen LogP contribution in [0.4, 0.5) is 5.82 Å². The third-order valence-electron chi connectivity index (χ3n) is 4.56. The minimum Gasteiger partial charge on any atom is -0.465 e. The van der Waals surface area contributed by atoms with Crippen molar-refractivity contribution in [3.8, 4) is 11.4 Å². The average Bonchev–Trinajstić information content (AvgIpc) is 3.14. The Labute approximate surface area is 166 Å². The van der Waals surface area contributed by atoms with Gasteiger partial charge in [-0.1, -0.05) is 6.07 Å². The largest absolute Gasteiger partial charge is 0.465 e. The zero-order valence-corrected chi connectivity index (χ0v) is 17.0. The molecule has 0 saturated heterocycles. The lowest BCUT2D eigenvalue weighted by atomic mass is 10.0. The second-order valence-electron chi connectivity index (χ2n) is 6.24. The molecule has 1 N–H and O–H groups in total. The number of nitrogens with one attached hydrogen (secondary N) is 1. The van der Waals surface area contributed by atoms with Crippen molar-refractivity contribution in [3.63, 3.8) is 0 Å². The average molecular weight is 401 g/mol. The molecule has 4 heterocycles. The van der Waals surface area contributed by atoms with Crippen LogP contribution in [-0.2, 0) is 11.8 Å². The maximum Gasteiger partial charge on any atom is 0.348 e. The molecule has 6 nitrogen and oxygen atoms in total. The molecule has 3 aromatic heterocycles. The molecule has 0 aromatic carbocycles. The first-order chi connectivity index (χ1) is 13.1. The number of rotatable bonds is 3. The molecule has 0 radical (unpaired) electrons. The molecular formula is C19H20N4O2S2. The van der Waals surface area contributed by atoms with E-state index in [9.17, 15) is 4.79 Å². The van der Waals surface area contributed by atoms with E-state index in [-0.39, 0.29) is 11.2 Å². The van der Waals surface area contributed by atoms with Crippen molar-refractivity contribution in [2.24, 2.45) is 7.05 Å². The number of carbonyl (C=O) groups excluding carboxylic acids is 1. The van der Waals surface area contributed by atoms with Crippen molar-refractivity contribution in [1.29, 1.82) is 0 Å². The zero-order chi connectivity index (χ0) is 19.0. The number of thiophene rings is 1. The van der Waals surface area contributed by atoms with E-state index in [2.05, 4.69) is 17.2 Å². The SMILES string of the molecule is COC(=O)c1cc(C2SCCNc3c2c(-c2ccccn2)nn3C)c(C)s1. The van der Waals surface area contributed by atoms with E-state index < -0.39 is 0 Å². The van der Waals surface area contributed by atoms with Crippen LogP contribution >= 0.6 is 23.1 Å².